The molecule has 0 bridgehead atoms. The highest BCUT2D eigenvalue weighted by Crippen LogP contribution is 2.40. The van der Waals surface area contributed by atoms with Crippen molar-refractivity contribution < 1.29 is 0 Å². The quantitative estimate of drug-likeness (QED) is 0.863. The lowest BCUT2D eigenvalue weighted by Gasteiger charge is -2.36. The summed E-state index contributed by atoms with van der Waals surface area (Å²) in [6, 6.07) is 3.96. The highest BCUT2D eigenvalue weighted by Gasteiger charge is 2.32. The Balaban J connectivity index is 1.95. The third-order valence-electron chi connectivity index (χ3n) is 4.34. The fourth-order valence-corrected chi connectivity index (χ4v) is 4.25. The first kappa shape index (κ1) is 14.8. The lowest BCUT2D eigenvalue weighted by atomic mass is 9.88. The SMILES string of the molecule is CSC1(Cn2c(-c3ccncc3)n[nH]c2=S)CCCCC1. The number of nitrogens with one attached hydrogen (secondary N) is 1. The summed E-state index contributed by atoms with van der Waals surface area (Å²) in [4.78, 5) is 4.08. The Morgan fingerprint density at radius 1 is 1.29 bits per heavy atom. The summed E-state index contributed by atoms with van der Waals surface area (Å²) in [6.45, 7) is 0.932. The van der Waals surface area contributed by atoms with Gasteiger partial charge in [0.15, 0.2) is 10.6 Å². The van der Waals surface area contributed by atoms with E-state index in [0.29, 0.717) is 9.52 Å². The highest BCUT2D eigenvalue weighted by atomic mass is 32.2. The van der Waals surface area contributed by atoms with Crippen LogP contribution in [0.1, 0.15) is 32.1 Å². The summed E-state index contributed by atoms with van der Waals surface area (Å²) in [5.74, 6) is 0.918. The van der Waals surface area contributed by atoms with E-state index in [1.54, 1.807) is 12.4 Å². The predicted molar refractivity (Wildman–Crippen MR) is 90.0 cm³/mol. The first-order chi connectivity index (χ1) is 10.2. The van der Waals surface area contributed by atoms with Crippen molar-refractivity contribution in [2.45, 2.75) is 43.4 Å². The molecule has 0 radical (unpaired) electrons. The van der Waals surface area contributed by atoms with E-state index >= 15 is 0 Å². The van der Waals surface area contributed by atoms with Gasteiger partial charge < -0.3 is 0 Å². The number of H-pyrrole nitrogens is 1. The maximum Gasteiger partial charge on any atom is 0.195 e. The molecule has 0 amide bonds. The molecule has 6 heteroatoms. The summed E-state index contributed by atoms with van der Waals surface area (Å²) >= 11 is 7.44. The number of nitrogens with zero attached hydrogens (tertiary/aromatic N) is 3. The summed E-state index contributed by atoms with van der Waals surface area (Å²) in [6.07, 6.45) is 12.3. The third kappa shape index (κ3) is 3.06. The Kier molecular flexibility index (Phi) is 4.45. The second-order valence-corrected chi connectivity index (χ2v) is 7.28. The first-order valence-electron chi connectivity index (χ1n) is 7.35. The van der Waals surface area contributed by atoms with Gasteiger partial charge in [-0.3, -0.25) is 14.6 Å². The van der Waals surface area contributed by atoms with Crippen molar-refractivity contribution in [2.75, 3.05) is 6.26 Å². The summed E-state index contributed by atoms with van der Waals surface area (Å²) < 4.78 is 3.16. The van der Waals surface area contributed by atoms with Crippen LogP contribution in [0.3, 0.4) is 0 Å². The summed E-state index contributed by atoms with van der Waals surface area (Å²) in [5.41, 5.74) is 1.06. The smallest absolute Gasteiger partial charge is 0.195 e. The monoisotopic (exact) mass is 320 g/mol. The molecular weight excluding hydrogens is 300 g/mol. The molecule has 1 saturated carbocycles. The first-order valence-corrected chi connectivity index (χ1v) is 8.98. The van der Waals surface area contributed by atoms with Gasteiger partial charge in [-0.1, -0.05) is 19.3 Å². The van der Waals surface area contributed by atoms with E-state index in [2.05, 4.69) is 26.0 Å². The molecule has 0 aliphatic heterocycles. The van der Waals surface area contributed by atoms with Gasteiger partial charge in [0.05, 0.1) is 0 Å². The number of hydrogen-bond donors (Lipinski definition) is 1. The lowest BCUT2D eigenvalue weighted by Crippen LogP contribution is -2.33. The van der Waals surface area contributed by atoms with Gasteiger partial charge in [-0.15, -0.1) is 0 Å². The molecule has 2 aromatic heterocycles. The zero-order chi connectivity index (χ0) is 14.7. The minimum Gasteiger partial charge on any atom is -0.299 e. The largest absolute Gasteiger partial charge is 0.299 e. The molecule has 112 valence electrons. The van der Waals surface area contributed by atoms with E-state index in [-0.39, 0.29) is 0 Å². The number of aromatic nitrogens is 4. The van der Waals surface area contributed by atoms with E-state index in [1.807, 2.05) is 23.9 Å². The molecule has 0 aromatic carbocycles. The van der Waals surface area contributed by atoms with E-state index in [0.717, 1.165) is 17.9 Å². The molecule has 1 N–H and O–H groups in total. The molecule has 0 atom stereocenters. The zero-order valence-electron chi connectivity index (χ0n) is 12.2. The molecule has 2 aromatic rings. The molecule has 2 heterocycles. The van der Waals surface area contributed by atoms with Gasteiger partial charge in [0.25, 0.3) is 0 Å². The van der Waals surface area contributed by atoms with Crippen LogP contribution in [0.25, 0.3) is 11.4 Å². The number of thioether (sulfide) groups is 1. The third-order valence-corrected chi connectivity index (χ3v) is 6.06. The lowest BCUT2D eigenvalue weighted by molar-refractivity contribution is 0.358. The van der Waals surface area contributed by atoms with Crippen molar-refractivity contribution in [1.82, 2.24) is 19.7 Å². The molecule has 0 saturated heterocycles. The maximum absolute atomic E-state index is 5.46. The van der Waals surface area contributed by atoms with Gasteiger partial charge >= 0.3 is 0 Å². The second kappa shape index (κ2) is 6.32. The highest BCUT2D eigenvalue weighted by molar-refractivity contribution is 8.00. The Morgan fingerprint density at radius 2 is 2.00 bits per heavy atom. The standard InChI is InChI=1S/C15H20N4S2/c1-21-15(7-3-2-4-8-15)11-19-13(17-18-14(19)20)12-5-9-16-10-6-12/h5-6,9-10H,2-4,7-8,11H2,1H3,(H,18,20). The predicted octanol–water partition coefficient (Wildman–Crippen LogP) is 4.07. The Hall–Kier alpha value is -1.14. The second-order valence-electron chi connectivity index (χ2n) is 5.62. The Labute approximate surface area is 134 Å². The minimum absolute atomic E-state index is 0.294. The van der Waals surface area contributed by atoms with Gasteiger partial charge in [-0.05, 0) is 43.4 Å². The van der Waals surface area contributed by atoms with Crippen LogP contribution in [0, 0.1) is 4.77 Å². The Bertz CT molecular complexity index is 641. The van der Waals surface area contributed by atoms with Crippen LogP contribution >= 0.6 is 24.0 Å². The van der Waals surface area contributed by atoms with Gasteiger partial charge in [0.2, 0.25) is 0 Å². The van der Waals surface area contributed by atoms with Crippen molar-refractivity contribution in [2.24, 2.45) is 0 Å². The maximum atomic E-state index is 5.46. The molecule has 4 nitrogen and oxygen atoms in total. The molecule has 3 rings (SSSR count). The average Bonchev–Trinajstić information content (AvgIpc) is 2.90. The number of pyridine rings is 1. The van der Waals surface area contributed by atoms with Crippen LogP contribution in [0.5, 0.6) is 0 Å². The van der Waals surface area contributed by atoms with Crippen LogP contribution < -0.4 is 0 Å². The topological polar surface area (TPSA) is 46.5 Å². The molecular formula is C15H20N4S2. The number of rotatable bonds is 4. The van der Waals surface area contributed by atoms with Crippen molar-refractivity contribution in [3.8, 4) is 11.4 Å². The van der Waals surface area contributed by atoms with E-state index in [9.17, 15) is 0 Å². The molecule has 21 heavy (non-hydrogen) atoms. The molecule has 1 aliphatic carbocycles. The van der Waals surface area contributed by atoms with Crippen molar-refractivity contribution in [3.05, 3.63) is 29.3 Å². The van der Waals surface area contributed by atoms with E-state index in [4.69, 9.17) is 12.2 Å². The normalized spacial score (nSPS) is 17.8. The molecule has 0 spiro atoms. The molecule has 1 aliphatic rings. The van der Waals surface area contributed by atoms with Crippen LogP contribution in [0.2, 0.25) is 0 Å². The van der Waals surface area contributed by atoms with Gasteiger partial charge in [-0.2, -0.15) is 16.9 Å². The van der Waals surface area contributed by atoms with Crippen molar-refractivity contribution >= 4 is 24.0 Å². The summed E-state index contributed by atoms with van der Waals surface area (Å²) in [5, 5.41) is 7.38. The fourth-order valence-electron chi connectivity index (χ4n) is 3.10. The van der Waals surface area contributed by atoms with Gasteiger partial charge in [-0.25, -0.2) is 0 Å². The summed E-state index contributed by atoms with van der Waals surface area (Å²) in [7, 11) is 0. The van der Waals surface area contributed by atoms with Gasteiger partial charge in [0.1, 0.15) is 0 Å². The van der Waals surface area contributed by atoms with Crippen LogP contribution in [0.15, 0.2) is 24.5 Å². The van der Waals surface area contributed by atoms with Crippen LogP contribution in [-0.4, -0.2) is 30.8 Å². The van der Waals surface area contributed by atoms with E-state index < -0.39 is 0 Å². The zero-order valence-corrected chi connectivity index (χ0v) is 13.8. The Morgan fingerprint density at radius 3 is 2.67 bits per heavy atom. The van der Waals surface area contributed by atoms with Gasteiger partial charge in [0, 0.05) is 29.2 Å². The minimum atomic E-state index is 0.294. The fraction of sp³-hybridized carbons (Fsp3) is 0.533. The average molecular weight is 320 g/mol. The van der Waals surface area contributed by atoms with Crippen molar-refractivity contribution in [1.29, 1.82) is 0 Å². The molecule has 0 unspecified atom stereocenters. The molecule has 1 fully saturated rings. The van der Waals surface area contributed by atoms with Crippen LogP contribution in [-0.2, 0) is 6.54 Å². The van der Waals surface area contributed by atoms with Crippen LogP contribution in [0.4, 0.5) is 0 Å². The number of aromatic amines is 1. The number of hydrogen-bond acceptors (Lipinski definition) is 4. The van der Waals surface area contributed by atoms with Crippen molar-refractivity contribution in [3.63, 3.8) is 0 Å². The van der Waals surface area contributed by atoms with E-state index in [1.165, 1.54) is 32.1 Å².